The lowest BCUT2D eigenvalue weighted by Gasteiger charge is -2.37. The van der Waals surface area contributed by atoms with Crippen molar-refractivity contribution in [3.05, 3.63) is 29.8 Å². The molecular formula is C18H31N3. The van der Waals surface area contributed by atoms with Gasteiger partial charge in [0, 0.05) is 24.8 Å². The molecule has 1 unspecified atom stereocenters. The smallest absolute Gasteiger partial charge is 0.0414 e. The minimum atomic E-state index is 0.412. The highest BCUT2D eigenvalue weighted by atomic mass is 15.2. The maximum Gasteiger partial charge on any atom is 0.0414 e. The van der Waals surface area contributed by atoms with Crippen LogP contribution in [0.4, 0.5) is 5.69 Å². The highest BCUT2D eigenvalue weighted by Crippen LogP contribution is 2.29. The number of benzene rings is 1. The Bertz CT molecular complexity index is 424. The van der Waals surface area contributed by atoms with E-state index in [2.05, 4.69) is 67.3 Å². The summed E-state index contributed by atoms with van der Waals surface area (Å²) in [6.45, 7) is 7.99. The standard InChI is InChI=1S/C18H31N3/c1-5-12-19-15(2)17-8-6-7-9-18(17)21(4)16-10-13-20(3)14-11-16/h6-9,15-16,19H,5,10-14H2,1-4H3. The summed E-state index contributed by atoms with van der Waals surface area (Å²) < 4.78 is 0. The van der Waals surface area contributed by atoms with Crippen molar-refractivity contribution in [1.82, 2.24) is 10.2 Å². The molecule has 21 heavy (non-hydrogen) atoms. The third-order valence-corrected chi connectivity index (χ3v) is 4.72. The zero-order valence-electron chi connectivity index (χ0n) is 14.1. The lowest BCUT2D eigenvalue weighted by Crippen LogP contribution is -2.42. The summed E-state index contributed by atoms with van der Waals surface area (Å²) in [6.07, 6.45) is 3.70. The molecule has 1 saturated heterocycles. The van der Waals surface area contributed by atoms with E-state index in [0.717, 1.165) is 6.54 Å². The first kappa shape index (κ1) is 16.3. The van der Waals surface area contributed by atoms with Gasteiger partial charge < -0.3 is 15.1 Å². The molecule has 3 nitrogen and oxygen atoms in total. The molecule has 2 rings (SSSR count). The van der Waals surface area contributed by atoms with Crippen LogP contribution in [0.1, 0.15) is 44.7 Å². The Kier molecular flexibility index (Phi) is 6.07. The molecule has 1 N–H and O–H groups in total. The summed E-state index contributed by atoms with van der Waals surface area (Å²) in [6, 6.07) is 9.95. The van der Waals surface area contributed by atoms with Gasteiger partial charge in [-0.15, -0.1) is 0 Å². The van der Waals surface area contributed by atoms with Crippen molar-refractivity contribution in [2.24, 2.45) is 0 Å². The Morgan fingerprint density at radius 1 is 1.29 bits per heavy atom. The highest BCUT2D eigenvalue weighted by molar-refractivity contribution is 5.55. The molecule has 1 aliphatic rings. The Morgan fingerprint density at radius 2 is 1.95 bits per heavy atom. The summed E-state index contributed by atoms with van der Waals surface area (Å²) in [5, 5.41) is 3.62. The number of nitrogens with zero attached hydrogens (tertiary/aromatic N) is 2. The van der Waals surface area contributed by atoms with Crippen LogP contribution in [0.2, 0.25) is 0 Å². The van der Waals surface area contributed by atoms with Gasteiger partial charge in [0.25, 0.3) is 0 Å². The van der Waals surface area contributed by atoms with E-state index in [4.69, 9.17) is 0 Å². The molecule has 0 saturated carbocycles. The Morgan fingerprint density at radius 3 is 2.62 bits per heavy atom. The Balaban J connectivity index is 2.11. The van der Waals surface area contributed by atoms with Gasteiger partial charge in [0.2, 0.25) is 0 Å². The lowest BCUT2D eigenvalue weighted by molar-refractivity contribution is 0.252. The molecule has 1 fully saturated rings. The number of likely N-dealkylation sites (tertiary alicyclic amines) is 1. The van der Waals surface area contributed by atoms with Crippen LogP contribution in [-0.4, -0.2) is 44.7 Å². The van der Waals surface area contributed by atoms with E-state index in [1.54, 1.807) is 0 Å². The summed E-state index contributed by atoms with van der Waals surface area (Å²) in [7, 11) is 4.49. The molecule has 1 aliphatic heterocycles. The van der Waals surface area contributed by atoms with Crippen molar-refractivity contribution in [3.63, 3.8) is 0 Å². The monoisotopic (exact) mass is 289 g/mol. The molecule has 0 aromatic heterocycles. The number of nitrogens with one attached hydrogen (secondary N) is 1. The fourth-order valence-electron chi connectivity index (χ4n) is 3.22. The molecule has 0 spiro atoms. The first-order chi connectivity index (χ1) is 10.1. The zero-order chi connectivity index (χ0) is 15.2. The van der Waals surface area contributed by atoms with E-state index >= 15 is 0 Å². The van der Waals surface area contributed by atoms with Crippen LogP contribution in [0.25, 0.3) is 0 Å². The van der Waals surface area contributed by atoms with Gasteiger partial charge in [-0.05, 0) is 64.5 Å². The van der Waals surface area contributed by atoms with Crippen molar-refractivity contribution in [2.75, 3.05) is 38.6 Å². The minimum absolute atomic E-state index is 0.412. The van der Waals surface area contributed by atoms with E-state index < -0.39 is 0 Å². The number of anilines is 1. The third-order valence-electron chi connectivity index (χ3n) is 4.72. The van der Waals surface area contributed by atoms with Crippen molar-refractivity contribution in [2.45, 2.75) is 45.2 Å². The fraction of sp³-hybridized carbons (Fsp3) is 0.667. The fourth-order valence-corrected chi connectivity index (χ4v) is 3.22. The van der Waals surface area contributed by atoms with Gasteiger partial charge in [-0.1, -0.05) is 25.1 Å². The van der Waals surface area contributed by atoms with Gasteiger partial charge >= 0.3 is 0 Å². The third kappa shape index (κ3) is 4.21. The number of rotatable bonds is 6. The normalized spacial score (nSPS) is 18.7. The zero-order valence-corrected chi connectivity index (χ0v) is 14.1. The van der Waals surface area contributed by atoms with Gasteiger partial charge in [-0.3, -0.25) is 0 Å². The molecule has 3 heteroatoms. The Hall–Kier alpha value is -1.06. The van der Waals surface area contributed by atoms with Gasteiger partial charge in [-0.25, -0.2) is 0 Å². The minimum Gasteiger partial charge on any atom is -0.371 e. The molecule has 118 valence electrons. The first-order valence-corrected chi connectivity index (χ1v) is 8.37. The average molecular weight is 289 g/mol. The van der Waals surface area contributed by atoms with Crippen LogP contribution in [-0.2, 0) is 0 Å². The molecule has 1 aromatic carbocycles. The van der Waals surface area contributed by atoms with Crippen LogP contribution >= 0.6 is 0 Å². The molecule has 0 radical (unpaired) electrons. The van der Waals surface area contributed by atoms with Gasteiger partial charge in [0.1, 0.15) is 0 Å². The molecule has 0 amide bonds. The van der Waals surface area contributed by atoms with E-state index in [0.29, 0.717) is 12.1 Å². The second-order valence-electron chi connectivity index (χ2n) is 6.38. The van der Waals surface area contributed by atoms with Crippen molar-refractivity contribution >= 4 is 5.69 Å². The molecule has 1 atom stereocenters. The van der Waals surface area contributed by atoms with Crippen LogP contribution < -0.4 is 10.2 Å². The molecular weight excluding hydrogens is 258 g/mol. The van der Waals surface area contributed by atoms with Gasteiger partial charge in [0.05, 0.1) is 0 Å². The molecule has 0 aliphatic carbocycles. The number of hydrogen-bond donors (Lipinski definition) is 1. The van der Waals surface area contributed by atoms with Gasteiger partial charge in [-0.2, -0.15) is 0 Å². The summed E-state index contributed by atoms with van der Waals surface area (Å²) in [4.78, 5) is 4.94. The topological polar surface area (TPSA) is 18.5 Å². The van der Waals surface area contributed by atoms with Gasteiger partial charge in [0.15, 0.2) is 0 Å². The number of para-hydroxylation sites is 1. The predicted octanol–water partition coefficient (Wildman–Crippen LogP) is 3.28. The number of piperidine rings is 1. The van der Waals surface area contributed by atoms with Crippen molar-refractivity contribution < 1.29 is 0 Å². The van der Waals surface area contributed by atoms with Crippen LogP contribution in [0, 0.1) is 0 Å². The van der Waals surface area contributed by atoms with Crippen molar-refractivity contribution in [3.8, 4) is 0 Å². The summed E-state index contributed by atoms with van der Waals surface area (Å²) >= 11 is 0. The molecule has 1 aromatic rings. The number of hydrogen-bond acceptors (Lipinski definition) is 3. The van der Waals surface area contributed by atoms with E-state index in [-0.39, 0.29) is 0 Å². The van der Waals surface area contributed by atoms with E-state index in [9.17, 15) is 0 Å². The van der Waals surface area contributed by atoms with E-state index in [1.807, 2.05) is 0 Å². The lowest BCUT2D eigenvalue weighted by atomic mass is 10.00. The summed E-state index contributed by atoms with van der Waals surface area (Å²) in [5.41, 5.74) is 2.82. The second kappa shape index (κ2) is 7.81. The second-order valence-corrected chi connectivity index (χ2v) is 6.38. The molecule has 1 heterocycles. The van der Waals surface area contributed by atoms with Crippen LogP contribution in [0.3, 0.4) is 0 Å². The molecule has 0 bridgehead atoms. The van der Waals surface area contributed by atoms with E-state index in [1.165, 1.54) is 43.6 Å². The maximum atomic E-state index is 3.62. The average Bonchev–Trinajstić information content (AvgIpc) is 2.52. The maximum absolute atomic E-state index is 3.62. The SMILES string of the molecule is CCCNC(C)c1ccccc1N(C)C1CCN(C)CC1. The summed E-state index contributed by atoms with van der Waals surface area (Å²) in [5.74, 6) is 0. The van der Waals surface area contributed by atoms with Crippen molar-refractivity contribution in [1.29, 1.82) is 0 Å². The predicted molar refractivity (Wildman–Crippen MR) is 92.1 cm³/mol. The quantitative estimate of drug-likeness (QED) is 0.867. The van der Waals surface area contributed by atoms with Crippen LogP contribution in [0.5, 0.6) is 0 Å². The largest absolute Gasteiger partial charge is 0.371 e. The van der Waals surface area contributed by atoms with Crippen LogP contribution in [0.15, 0.2) is 24.3 Å². The Labute approximate surface area is 130 Å². The highest BCUT2D eigenvalue weighted by Gasteiger charge is 2.23. The first-order valence-electron chi connectivity index (χ1n) is 8.37.